The van der Waals surface area contributed by atoms with Crippen molar-refractivity contribution in [1.82, 2.24) is 0 Å². The zero-order valence-electron chi connectivity index (χ0n) is 14.6. The van der Waals surface area contributed by atoms with Crippen molar-refractivity contribution in [3.8, 4) is 0 Å². The maximum absolute atomic E-state index is 10.3. The fourth-order valence-electron chi connectivity index (χ4n) is 2.19. The summed E-state index contributed by atoms with van der Waals surface area (Å²) in [7, 11) is 0. The van der Waals surface area contributed by atoms with E-state index in [1.807, 2.05) is 0 Å². The van der Waals surface area contributed by atoms with Gasteiger partial charge >= 0.3 is 5.97 Å². The summed E-state index contributed by atoms with van der Waals surface area (Å²) in [5.74, 6) is -0.713. The van der Waals surface area contributed by atoms with Gasteiger partial charge in [0.15, 0.2) is 0 Å². The number of carbonyl (C=O) groups is 1. The molecule has 0 bridgehead atoms. The molecule has 23 heavy (non-hydrogen) atoms. The van der Waals surface area contributed by atoms with E-state index < -0.39 is 5.97 Å². The Balaban J connectivity index is 3.35. The normalized spacial score (nSPS) is 13.5. The first-order valence-corrected chi connectivity index (χ1v) is 9.01. The second-order valence-corrected chi connectivity index (χ2v) is 5.86. The van der Waals surface area contributed by atoms with Gasteiger partial charge in [-0.2, -0.15) is 0 Å². The van der Waals surface area contributed by atoms with Crippen LogP contribution in [0, 0.1) is 0 Å². The highest BCUT2D eigenvalue weighted by molar-refractivity contribution is 5.66. The number of rotatable bonds is 15. The lowest BCUT2D eigenvalue weighted by atomic mass is 10.1. The second-order valence-electron chi connectivity index (χ2n) is 5.86. The second kappa shape index (κ2) is 17.0. The van der Waals surface area contributed by atoms with E-state index in [1.54, 1.807) is 0 Å². The number of aliphatic carboxylic acids is 1. The fourth-order valence-corrected chi connectivity index (χ4v) is 2.19. The van der Waals surface area contributed by atoms with Crippen molar-refractivity contribution >= 4 is 5.97 Å². The molecule has 2 N–H and O–H groups in total. The predicted octanol–water partition coefficient (Wildman–Crippen LogP) is 5.41. The zero-order chi connectivity index (χ0) is 17.2. The molecule has 1 unspecified atom stereocenters. The summed E-state index contributed by atoms with van der Waals surface area (Å²) in [6.07, 6.45) is 22.5. The molecule has 0 saturated carbocycles. The molecule has 3 nitrogen and oxygen atoms in total. The average molecular weight is 322 g/mol. The molecule has 0 aliphatic heterocycles. The van der Waals surface area contributed by atoms with Crippen LogP contribution in [-0.2, 0) is 4.79 Å². The molecule has 0 rings (SSSR count). The third kappa shape index (κ3) is 18.6. The number of hydrogen-bond acceptors (Lipinski definition) is 2. The van der Waals surface area contributed by atoms with Crippen molar-refractivity contribution in [3.05, 3.63) is 36.5 Å². The van der Waals surface area contributed by atoms with E-state index in [2.05, 4.69) is 43.4 Å². The lowest BCUT2D eigenvalue weighted by Gasteiger charge is -2.04. The summed E-state index contributed by atoms with van der Waals surface area (Å²) < 4.78 is 0. The molecule has 1 atom stereocenters. The van der Waals surface area contributed by atoms with Gasteiger partial charge in [0.1, 0.15) is 0 Å². The molecular weight excluding hydrogens is 288 g/mol. The minimum absolute atomic E-state index is 0.214. The van der Waals surface area contributed by atoms with Crippen molar-refractivity contribution in [2.24, 2.45) is 0 Å². The molecule has 0 aromatic rings. The monoisotopic (exact) mass is 322 g/mol. The fraction of sp³-hybridized carbons (Fsp3) is 0.650. The molecule has 0 aliphatic carbocycles. The molecule has 0 fully saturated rings. The quantitative estimate of drug-likeness (QED) is 0.313. The Morgan fingerprint density at radius 3 is 2.00 bits per heavy atom. The predicted molar refractivity (Wildman–Crippen MR) is 97.5 cm³/mol. The molecule has 0 aromatic carbocycles. The molecule has 3 heteroatoms. The number of aliphatic hydroxyl groups is 1. The van der Waals surface area contributed by atoms with E-state index in [0.717, 1.165) is 51.4 Å². The Hall–Kier alpha value is -1.35. The number of allylic oxidation sites excluding steroid dienone is 5. The molecule has 0 aromatic heterocycles. The van der Waals surface area contributed by atoms with Crippen LogP contribution < -0.4 is 0 Å². The summed E-state index contributed by atoms with van der Waals surface area (Å²) >= 11 is 0. The van der Waals surface area contributed by atoms with Crippen LogP contribution in [0.4, 0.5) is 0 Å². The van der Waals surface area contributed by atoms with Gasteiger partial charge in [-0.15, -0.1) is 0 Å². The van der Waals surface area contributed by atoms with E-state index in [-0.39, 0.29) is 12.5 Å². The van der Waals surface area contributed by atoms with Crippen molar-refractivity contribution in [3.63, 3.8) is 0 Å². The van der Waals surface area contributed by atoms with Gasteiger partial charge in [0.25, 0.3) is 0 Å². The SMILES string of the molecule is CC/C=C\CC(O)CC/C=C\CCCC/C=C\CCCC(=O)O. The minimum atomic E-state index is -0.713. The van der Waals surface area contributed by atoms with Crippen molar-refractivity contribution in [2.75, 3.05) is 0 Å². The summed E-state index contributed by atoms with van der Waals surface area (Å²) in [6, 6.07) is 0. The highest BCUT2D eigenvalue weighted by atomic mass is 16.4. The number of unbranched alkanes of at least 4 members (excludes halogenated alkanes) is 4. The third-order valence-corrected chi connectivity index (χ3v) is 3.56. The van der Waals surface area contributed by atoms with E-state index in [4.69, 9.17) is 5.11 Å². The van der Waals surface area contributed by atoms with E-state index in [0.29, 0.717) is 0 Å². The minimum Gasteiger partial charge on any atom is -0.481 e. The first kappa shape index (κ1) is 21.6. The van der Waals surface area contributed by atoms with E-state index in [9.17, 15) is 9.90 Å². The van der Waals surface area contributed by atoms with Gasteiger partial charge in [0, 0.05) is 6.42 Å². The summed E-state index contributed by atoms with van der Waals surface area (Å²) in [5, 5.41) is 18.2. The maximum Gasteiger partial charge on any atom is 0.303 e. The topological polar surface area (TPSA) is 57.5 Å². The Morgan fingerprint density at radius 2 is 1.43 bits per heavy atom. The highest BCUT2D eigenvalue weighted by Gasteiger charge is 1.98. The maximum atomic E-state index is 10.3. The van der Waals surface area contributed by atoms with Crippen LogP contribution in [0.2, 0.25) is 0 Å². The lowest BCUT2D eigenvalue weighted by Crippen LogP contribution is -2.03. The Kier molecular flexibility index (Phi) is 16.0. The summed E-state index contributed by atoms with van der Waals surface area (Å²) in [5.41, 5.74) is 0. The first-order chi connectivity index (χ1) is 11.2. The van der Waals surface area contributed by atoms with Gasteiger partial charge in [-0.3, -0.25) is 4.79 Å². The first-order valence-electron chi connectivity index (χ1n) is 9.01. The van der Waals surface area contributed by atoms with Crippen molar-refractivity contribution < 1.29 is 15.0 Å². The highest BCUT2D eigenvalue weighted by Crippen LogP contribution is 2.07. The van der Waals surface area contributed by atoms with Crippen LogP contribution in [0.1, 0.15) is 77.6 Å². The summed E-state index contributed by atoms with van der Waals surface area (Å²) in [4.78, 5) is 10.3. The molecule has 0 heterocycles. The molecule has 0 spiro atoms. The Morgan fingerprint density at radius 1 is 0.870 bits per heavy atom. The molecule has 132 valence electrons. The van der Waals surface area contributed by atoms with Gasteiger partial charge in [-0.1, -0.05) is 43.4 Å². The smallest absolute Gasteiger partial charge is 0.303 e. The number of carboxylic acids is 1. The van der Waals surface area contributed by atoms with Crippen molar-refractivity contribution in [2.45, 2.75) is 83.7 Å². The number of hydrogen-bond donors (Lipinski definition) is 2. The average Bonchev–Trinajstić information content (AvgIpc) is 2.51. The standard InChI is InChI=1S/C20H34O3/c1-2-3-13-16-19(21)17-14-11-9-7-5-4-6-8-10-12-15-18-20(22)23/h3,8-11,13,19,21H,2,4-7,12,14-18H2,1H3,(H,22,23)/b10-8-,11-9-,13-3-. The van der Waals surface area contributed by atoms with Gasteiger partial charge in [-0.05, 0) is 64.2 Å². The van der Waals surface area contributed by atoms with Crippen molar-refractivity contribution in [1.29, 1.82) is 0 Å². The Labute approximate surface area is 141 Å². The van der Waals surface area contributed by atoms with Crippen LogP contribution in [0.25, 0.3) is 0 Å². The van der Waals surface area contributed by atoms with E-state index >= 15 is 0 Å². The van der Waals surface area contributed by atoms with Crippen LogP contribution in [0.15, 0.2) is 36.5 Å². The Bertz CT molecular complexity index is 356. The van der Waals surface area contributed by atoms with Gasteiger partial charge in [0.05, 0.1) is 6.10 Å². The van der Waals surface area contributed by atoms with Gasteiger partial charge in [-0.25, -0.2) is 0 Å². The molecule has 0 radical (unpaired) electrons. The van der Waals surface area contributed by atoms with Crippen LogP contribution in [-0.4, -0.2) is 22.3 Å². The largest absolute Gasteiger partial charge is 0.481 e. The van der Waals surface area contributed by atoms with Crippen LogP contribution >= 0.6 is 0 Å². The molecular formula is C20H34O3. The van der Waals surface area contributed by atoms with Crippen LogP contribution in [0.3, 0.4) is 0 Å². The van der Waals surface area contributed by atoms with Crippen LogP contribution in [0.5, 0.6) is 0 Å². The zero-order valence-corrected chi connectivity index (χ0v) is 14.6. The molecule has 0 saturated heterocycles. The van der Waals surface area contributed by atoms with E-state index in [1.165, 1.54) is 12.8 Å². The van der Waals surface area contributed by atoms with Gasteiger partial charge in [0.2, 0.25) is 0 Å². The number of aliphatic hydroxyl groups excluding tert-OH is 1. The molecule has 0 amide bonds. The summed E-state index contributed by atoms with van der Waals surface area (Å²) in [6.45, 7) is 2.10. The third-order valence-electron chi connectivity index (χ3n) is 3.56. The van der Waals surface area contributed by atoms with Gasteiger partial charge < -0.3 is 10.2 Å². The number of carboxylic acid groups (broad SMARTS) is 1. The molecule has 0 aliphatic rings. The lowest BCUT2D eigenvalue weighted by molar-refractivity contribution is -0.137.